The van der Waals surface area contributed by atoms with Crippen LogP contribution in [0.3, 0.4) is 0 Å². The Kier molecular flexibility index (Phi) is 3.84. The smallest absolute Gasteiger partial charge is 0.0804 e. The fourth-order valence-corrected chi connectivity index (χ4v) is 3.00. The maximum Gasteiger partial charge on any atom is 0.0804 e. The fraction of sp³-hybridized carbons (Fsp3) is 1.00. The van der Waals surface area contributed by atoms with Crippen LogP contribution >= 0.6 is 0 Å². The van der Waals surface area contributed by atoms with Crippen molar-refractivity contribution >= 4 is 0 Å². The molecule has 0 spiro atoms. The normalized spacial score (nSPS) is 34.9. The van der Waals surface area contributed by atoms with Gasteiger partial charge in [-0.3, -0.25) is 0 Å². The van der Waals surface area contributed by atoms with E-state index in [1.165, 1.54) is 25.7 Å². The average molecular weight is 239 g/mol. The van der Waals surface area contributed by atoms with Gasteiger partial charge in [0, 0.05) is 6.54 Å². The molecule has 0 bridgehead atoms. The molecular formula is C15H29NO. The molecule has 0 aromatic heterocycles. The van der Waals surface area contributed by atoms with Crippen LogP contribution in [0, 0.1) is 17.3 Å². The first-order chi connectivity index (χ1) is 7.95. The summed E-state index contributed by atoms with van der Waals surface area (Å²) in [5.74, 6) is 1.69. The standard InChI is InChI=1S/C15H29NO/c1-14(2,3)13-6-8-15(11-16,9-7-13)17-10-12-4-5-12/h12-13H,4-11,16H2,1-3H3. The van der Waals surface area contributed by atoms with Crippen LogP contribution in [0.1, 0.15) is 59.3 Å². The van der Waals surface area contributed by atoms with Crippen molar-refractivity contribution in [2.45, 2.75) is 64.9 Å². The van der Waals surface area contributed by atoms with Gasteiger partial charge in [-0.05, 0) is 55.8 Å². The first-order valence-corrected chi connectivity index (χ1v) is 7.29. The zero-order chi connectivity index (χ0) is 12.5. The second-order valence-corrected chi connectivity index (χ2v) is 7.28. The molecule has 0 amide bonds. The Bertz CT molecular complexity index is 244. The zero-order valence-corrected chi connectivity index (χ0v) is 11.8. The summed E-state index contributed by atoms with van der Waals surface area (Å²) in [6.07, 6.45) is 7.63. The minimum Gasteiger partial charge on any atom is -0.373 e. The first kappa shape index (κ1) is 13.4. The molecule has 2 aliphatic carbocycles. The van der Waals surface area contributed by atoms with Crippen LogP contribution in [-0.4, -0.2) is 18.8 Å². The lowest BCUT2D eigenvalue weighted by atomic mass is 9.68. The van der Waals surface area contributed by atoms with E-state index in [2.05, 4.69) is 20.8 Å². The second kappa shape index (κ2) is 4.89. The number of ether oxygens (including phenoxy) is 1. The minimum absolute atomic E-state index is 0.0182. The van der Waals surface area contributed by atoms with E-state index < -0.39 is 0 Å². The topological polar surface area (TPSA) is 35.2 Å². The van der Waals surface area contributed by atoms with Gasteiger partial charge in [0.2, 0.25) is 0 Å². The molecule has 2 heteroatoms. The summed E-state index contributed by atoms with van der Waals surface area (Å²) in [5, 5.41) is 0. The quantitative estimate of drug-likeness (QED) is 0.816. The molecule has 2 nitrogen and oxygen atoms in total. The summed E-state index contributed by atoms with van der Waals surface area (Å²) < 4.78 is 6.18. The Morgan fingerprint density at radius 2 is 1.71 bits per heavy atom. The Balaban J connectivity index is 1.84. The number of hydrogen-bond acceptors (Lipinski definition) is 2. The molecule has 0 heterocycles. The molecule has 0 aliphatic heterocycles. The van der Waals surface area contributed by atoms with E-state index in [1.54, 1.807) is 0 Å². The van der Waals surface area contributed by atoms with E-state index in [9.17, 15) is 0 Å². The van der Waals surface area contributed by atoms with Crippen molar-refractivity contribution in [2.75, 3.05) is 13.2 Å². The molecular weight excluding hydrogens is 210 g/mol. The van der Waals surface area contributed by atoms with Crippen LogP contribution in [0.4, 0.5) is 0 Å². The maximum absolute atomic E-state index is 6.18. The monoisotopic (exact) mass is 239 g/mol. The van der Waals surface area contributed by atoms with E-state index in [0.29, 0.717) is 12.0 Å². The molecule has 100 valence electrons. The van der Waals surface area contributed by atoms with Crippen LogP contribution in [0.2, 0.25) is 0 Å². The van der Waals surface area contributed by atoms with Crippen molar-refractivity contribution in [3.05, 3.63) is 0 Å². The van der Waals surface area contributed by atoms with Gasteiger partial charge < -0.3 is 10.5 Å². The molecule has 0 aromatic carbocycles. The second-order valence-electron chi connectivity index (χ2n) is 7.28. The van der Waals surface area contributed by atoms with Gasteiger partial charge in [0.25, 0.3) is 0 Å². The molecule has 0 unspecified atom stereocenters. The van der Waals surface area contributed by atoms with Gasteiger partial charge in [-0.2, -0.15) is 0 Å². The predicted octanol–water partition coefficient (Wildman–Crippen LogP) is 3.35. The summed E-state index contributed by atoms with van der Waals surface area (Å²) in [5.41, 5.74) is 6.43. The lowest BCUT2D eigenvalue weighted by molar-refractivity contribution is -0.0834. The maximum atomic E-state index is 6.18. The van der Waals surface area contributed by atoms with E-state index >= 15 is 0 Å². The molecule has 2 saturated carbocycles. The van der Waals surface area contributed by atoms with Gasteiger partial charge >= 0.3 is 0 Å². The number of rotatable bonds is 4. The molecule has 2 N–H and O–H groups in total. The highest BCUT2D eigenvalue weighted by Crippen LogP contribution is 2.43. The summed E-state index contributed by atoms with van der Waals surface area (Å²) >= 11 is 0. The SMILES string of the molecule is CC(C)(C)C1CCC(CN)(OCC2CC2)CC1. The molecule has 2 rings (SSSR count). The van der Waals surface area contributed by atoms with Gasteiger partial charge in [-0.15, -0.1) is 0 Å². The third-order valence-electron chi connectivity index (χ3n) is 4.82. The van der Waals surface area contributed by atoms with Crippen molar-refractivity contribution in [1.29, 1.82) is 0 Å². The largest absolute Gasteiger partial charge is 0.373 e. The van der Waals surface area contributed by atoms with Crippen molar-refractivity contribution in [1.82, 2.24) is 0 Å². The van der Waals surface area contributed by atoms with Crippen LogP contribution < -0.4 is 5.73 Å². The van der Waals surface area contributed by atoms with E-state index in [4.69, 9.17) is 10.5 Å². The Labute approximate surface area is 106 Å². The summed E-state index contributed by atoms with van der Waals surface area (Å²) in [6.45, 7) is 8.74. The van der Waals surface area contributed by atoms with E-state index in [-0.39, 0.29) is 5.60 Å². The lowest BCUT2D eigenvalue weighted by Crippen LogP contribution is -2.45. The first-order valence-electron chi connectivity index (χ1n) is 7.29. The highest BCUT2D eigenvalue weighted by Gasteiger charge is 2.39. The van der Waals surface area contributed by atoms with Gasteiger partial charge in [-0.25, -0.2) is 0 Å². The van der Waals surface area contributed by atoms with Gasteiger partial charge in [0.05, 0.1) is 12.2 Å². The lowest BCUT2D eigenvalue weighted by Gasteiger charge is -2.43. The Morgan fingerprint density at radius 1 is 1.12 bits per heavy atom. The van der Waals surface area contributed by atoms with Crippen LogP contribution in [0.15, 0.2) is 0 Å². The van der Waals surface area contributed by atoms with Crippen molar-refractivity contribution in [3.63, 3.8) is 0 Å². The zero-order valence-electron chi connectivity index (χ0n) is 11.8. The highest BCUT2D eigenvalue weighted by atomic mass is 16.5. The molecule has 0 saturated heterocycles. The molecule has 2 aliphatic rings. The Hall–Kier alpha value is -0.0800. The minimum atomic E-state index is 0.0182. The van der Waals surface area contributed by atoms with Crippen molar-refractivity contribution in [2.24, 2.45) is 23.0 Å². The van der Waals surface area contributed by atoms with Crippen molar-refractivity contribution in [3.8, 4) is 0 Å². The Morgan fingerprint density at radius 3 is 2.12 bits per heavy atom. The van der Waals surface area contributed by atoms with Crippen molar-refractivity contribution < 1.29 is 4.74 Å². The fourth-order valence-electron chi connectivity index (χ4n) is 3.00. The summed E-state index contributed by atoms with van der Waals surface area (Å²) in [4.78, 5) is 0. The van der Waals surface area contributed by atoms with E-state index in [1.807, 2.05) is 0 Å². The third-order valence-corrected chi connectivity index (χ3v) is 4.82. The van der Waals surface area contributed by atoms with Crippen LogP contribution in [-0.2, 0) is 4.74 Å². The van der Waals surface area contributed by atoms with Gasteiger partial charge in [-0.1, -0.05) is 20.8 Å². The number of nitrogens with two attached hydrogens (primary N) is 1. The summed E-state index contributed by atoms with van der Waals surface area (Å²) in [7, 11) is 0. The van der Waals surface area contributed by atoms with Gasteiger partial charge in [0.15, 0.2) is 0 Å². The van der Waals surface area contributed by atoms with Gasteiger partial charge in [0.1, 0.15) is 0 Å². The highest BCUT2D eigenvalue weighted by molar-refractivity contribution is 4.92. The average Bonchev–Trinajstić information content (AvgIpc) is 3.09. The van der Waals surface area contributed by atoms with E-state index in [0.717, 1.165) is 31.3 Å². The summed E-state index contributed by atoms with van der Waals surface area (Å²) in [6, 6.07) is 0. The molecule has 0 aromatic rings. The molecule has 0 radical (unpaired) electrons. The molecule has 17 heavy (non-hydrogen) atoms. The predicted molar refractivity (Wildman–Crippen MR) is 71.9 cm³/mol. The van der Waals surface area contributed by atoms with Crippen LogP contribution in [0.5, 0.6) is 0 Å². The van der Waals surface area contributed by atoms with Crippen LogP contribution in [0.25, 0.3) is 0 Å². The third kappa shape index (κ3) is 3.45. The number of hydrogen-bond donors (Lipinski definition) is 1. The molecule has 2 fully saturated rings. The molecule has 0 atom stereocenters.